The molecule has 2 aliphatic heterocycles. The first-order valence-electron chi connectivity index (χ1n) is 10.4. The number of hydrogen-bond acceptors (Lipinski definition) is 6. The van der Waals surface area contributed by atoms with Crippen LogP contribution in [0.3, 0.4) is 0 Å². The van der Waals surface area contributed by atoms with Crippen molar-refractivity contribution in [3.05, 3.63) is 54.4 Å². The summed E-state index contributed by atoms with van der Waals surface area (Å²) in [4.78, 5) is 38.6. The fraction of sp³-hybridized carbons (Fsp3) is 0.391. The highest BCUT2D eigenvalue weighted by atomic mass is 16.6. The standard InChI is InChI=1S/C23H26N4O4/c1-31-25-19-13-21(23(30)26-12-2-3-20(28)15-26)27(14-19)22(29)18-6-4-16(5-7-18)17-8-10-24-11-9-17/h4-11,20-21,28H,2-3,12-15H2,1H3. The van der Waals surface area contributed by atoms with Crippen molar-refractivity contribution >= 4 is 17.5 Å². The first kappa shape index (κ1) is 21.0. The van der Waals surface area contributed by atoms with Crippen LogP contribution in [0, 0.1) is 0 Å². The minimum Gasteiger partial charge on any atom is -0.399 e. The van der Waals surface area contributed by atoms with Crippen molar-refractivity contribution in [1.82, 2.24) is 14.8 Å². The van der Waals surface area contributed by atoms with Crippen LogP contribution in [0.25, 0.3) is 11.1 Å². The molecule has 8 nitrogen and oxygen atoms in total. The van der Waals surface area contributed by atoms with Crippen LogP contribution in [0.1, 0.15) is 29.6 Å². The van der Waals surface area contributed by atoms with Gasteiger partial charge in [0.05, 0.1) is 18.4 Å². The predicted molar refractivity (Wildman–Crippen MR) is 115 cm³/mol. The van der Waals surface area contributed by atoms with Gasteiger partial charge in [-0.3, -0.25) is 14.6 Å². The van der Waals surface area contributed by atoms with Crippen molar-refractivity contribution < 1.29 is 19.5 Å². The Morgan fingerprint density at radius 2 is 1.84 bits per heavy atom. The molecule has 31 heavy (non-hydrogen) atoms. The number of aliphatic hydroxyl groups is 1. The molecule has 8 heteroatoms. The quantitative estimate of drug-likeness (QED) is 0.760. The first-order chi connectivity index (χ1) is 15.1. The summed E-state index contributed by atoms with van der Waals surface area (Å²) >= 11 is 0. The summed E-state index contributed by atoms with van der Waals surface area (Å²) in [5.41, 5.74) is 3.16. The van der Waals surface area contributed by atoms with Crippen molar-refractivity contribution in [3.63, 3.8) is 0 Å². The minimum absolute atomic E-state index is 0.151. The number of carbonyl (C=O) groups is 2. The van der Waals surface area contributed by atoms with Crippen LogP contribution >= 0.6 is 0 Å². The SMILES string of the molecule is CON=C1CC(C(=O)N2CCCC(O)C2)N(C(=O)c2ccc(-c3ccncc3)cc2)C1. The highest BCUT2D eigenvalue weighted by Gasteiger charge is 2.41. The fourth-order valence-electron chi connectivity index (χ4n) is 4.22. The average Bonchev–Trinajstić information content (AvgIpc) is 3.23. The maximum Gasteiger partial charge on any atom is 0.254 e. The van der Waals surface area contributed by atoms with Crippen LogP contribution in [0.15, 0.2) is 53.9 Å². The third kappa shape index (κ3) is 4.59. The third-order valence-corrected chi connectivity index (χ3v) is 5.78. The van der Waals surface area contributed by atoms with Gasteiger partial charge < -0.3 is 19.7 Å². The molecule has 0 saturated carbocycles. The van der Waals surface area contributed by atoms with Crippen LogP contribution in [0.5, 0.6) is 0 Å². The lowest BCUT2D eigenvalue weighted by molar-refractivity contribution is -0.138. The Morgan fingerprint density at radius 3 is 2.52 bits per heavy atom. The van der Waals surface area contributed by atoms with E-state index in [0.717, 1.165) is 17.5 Å². The molecule has 2 amide bonds. The van der Waals surface area contributed by atoms with Gasteiger partial charge in [-0.2, -0.15) is 0 Å². The lowest BCUT2D eigenvalue weighted by Gasteiger charge is -2.34. The van der Waals surface area contributed by atoms with Crippen LogP contribution in [-0.2, 0) is 9.63 Å². The summed E-state index contributed by atoms with van der Waals surface area (Å²) in [6.45, 7) is 1.13. The molecule has 4 rings (SSSR count). The second-order valence-corrected chi connectivity index (χ2v) is 7.89. The van der Waals surface area contributed by atoms with E-state index in [-0.39, 0.29) is 18.4 Å². The number of carbonyl (C=O) groups excluding carboxylic acids is 2. The number of piperidine rings is 1. The normalized spacial score (nSPS) is 22.6. The maximum atomic E-state index is 13.3. The number of rotatable bonds is 4. The third-order valence-electron chi connectivity index (χ3n) is 5.78. The van der Waals surface area contributed by atoms with Gasteiger partial charge in [-0.05, 0) is 48.2 Å². The summed E-state index contributed by atoms with van der Waals surface area (Å²) in [7, 11) is 1.45. The van der Waals surface area contributed by atoms with E-state index in [4.69, 9.17) is 4.84 Å². The molecule has 2 unspecified atom stereocenters. The highest BCUT2D eigenvalue weighted by Crippen LogP contribution is 2.24. The lowest BCUT2D eigenvalue weighted by atomic mass is 10.0. The number of pyridine rings is 1. The number of aromatic nitrogens is 1. The van der Waals surface area contributed by atoms with Crippen molar-refractivity contribution in [2.45, 2.75) is 31.4 Å². The Morgan fingerprint density at radius 1 is 1.13 bits per heavy atom. The van der Waals surface area contributed by atoms with Gasteiger partial charge in [0.25, 0.3) is 5.91 Å². The number of amides is 2. The van der Waals surface area contributed by atoms with E-state index in [9.17, 15) is 14.7 Å². The molecule has 1 N–H and O–H groups in total. The number of likely N-dealkylation sites (tertiary alicyclic amines) is 2. The molecule has 3 heterocycles. The smallest absolute Gasteiger partial charge is 0.254 e. The highest BCUT2D eigenvalue weighted by molar-refractivity contribution is 6.05. The Labute approximate surface area is 181 Å². The van der Waals surface area contributed by atoms with Gasteiger partial charge in [-0.15, -0.1) is 0 Å². The van der Waals surface area contributed by atoms with E-state index in [1.54, 1.807) is 34.3 Å². The van der Waals surface area contributed by atoms with Gasteiger partial charge in [0.15, 0.2) is 0 Å². The zero-order valence-electron chi connectivity index (χ0n) is 17.5. The molecule has 2 fully saturated rings. The molecule has 1 aromatic heterocycles. The van der Waals surface area contributed by atoms with Gasteiger partial charge in [-0.1, -0.05) is 17.3 Å². The molecule has 0 radical (unpaired) electrons. The van der Waals surface area contributed by atoms with E-state index >= 15 is 0 Å². The summed E-state index contributed by atoms with van der Waals surface area (Å²) < 4.78 is 0. The van der Waals surface area contributed by atoms with Gasteiger partial charge in [0.2, 0.25) is 5.91 Å². The van der Waals surface area contributed by atoms with Gasteiger partial charge >= 0.3 is 0 Å². The van der Waals surface area contributed by atoms with E-state index < -0.39 is 12.1 Å². The number of oxime groups is 1. The lowest BCUT2D eigenvalue weighted by Crippen LogP contribution is -2.51. The second kappa shape index (κ2) is 9.26. The average molecular weight is 422 g/mol. The molecule has 2 aliphatic rings. The van der Waals surface area contributed by atoms with E-state index in [1.165, 1.54) is 7.11 Å². The monoisotopic (exact) mass is 422 g/mol. The molecule has 2 saturated heterocycles. The first-order valence-corrected chi connectivity index (χ1v) is 10.4. The predicted octanol–water partition coefficient (Wildman–Crippen LogP) is 1.95. The van der Waals surface area contributed by atoms with Crippen LogP contribution in [0.2, 0.25) is 0 Å². The Bertz CT molecular complexity index is 961. The van der Waals surface area contributed by atoms with Crippen molar-refractivity contribution in [3.8, 4) is 11.1 Å². The van der Waals surface area contributed by atoms with Gasteiger partial charge in [0.1, 0.15) is 13.2 Å². The molecule has 1 aromatic carbocycles. The van der Waals surface area contributed by atoms with Gasteiger partial charge in [-0.25, -0.2) is 0 Å². The van der Waals surface area contributed by atoms with E-state index in [1.807, 2.05) is 24.3 Å². The zero-order chi connectivity index (χ0) is 21.8. The minimum atomic E-state index is -0.647. The summed E-state index contributed by atoms with van der Waals surface area (Å²) in [5, 5.41) is 14.0. The molecule has 0 spiro atoms. The Hall–Kier alpha value is -3.26. The van der Waals surface area contributed by atoms with Crippen molar-refractivity contribution in [2.24, 2.45) is 5.16 Å². The number of β-amino-alcohol motifs (C(OH)–C–C–N with tert-alkyl or cyclic N) is 1. The molecular formula is C23H26N4O4. The van der Waals surface area contributed by atoms with Crippen LogP contribution in [-0.4, -0.2) is 76.3 Å². The van der Waals surface area contributed by atoms with Crippen LogP contribution in [0.4, 0.5) is 0 Å². The number of aliphatic hydroxyl groups excluding tert-OH is 1. The van der Waals surface area contributed by atoms with E-state index in [2.05, 4.69) is 10.1 Å². The summed E-state index contributed by atoms with van der Waals surface area (Å²) in [5.74, 6) is -0.375. The molecule has 0 bridgehead atoms. The number of benzene rings is 1. The maximum absolute atomic E-state index is 13.3. The largest absolute Gasteiger partial charge is 0.399 e. The van der Waals surface area contributed by atoms with E-state index in [0.29, 0.717) is 37.2 Å². The Balaban J connectivity index is 1.55. The van der Waals surface area contributed by atoms with Crippen molar-refractivity contribution in [2.75, 3.05) is 26.7 Å². The summed E-state index contributed by atoms with van der Waals surface area (Å²) in [6, 6.07) is 10.5. The molecular weight excluding hydrogens is 396 g/mol. The second-order valence-electron chi connectivity index (χ2n) is 7.89. The molecule has 2 aromatic rings. The number of nitrogens with zero attached hydrogens (tertiary/aromatic N) is 4. The number of hydrogen-bond donors (Lipinski definition) is 1. The van der Waals surface area contributed by atoms with Crippen LogP contribution < -0.4 is 0 Å². The van der Waals surface area contributed by atoms with Gasteiger partial charge in [0, 0.05) is 37.5 Å². The zero-order valence-corrected chi connectivity index (χ0v) is 17.5. The van der Waals surface area contributed by atoms with Crippen molar-refractivity contribution in [1.29, 1.82) is 0 Å². The summed E-state index contributed by atoms with van der Waals surface area (Å²) in [6.07, 6.45) is 4.71. The fourth-order valence-corrected chi connectivity index (χ4v) is 4.22. The molecule has 2 atom stereocenters. The molecule has 0 aliphatic carbocycles. The Kier molecular flexibility index (Phi) is 6.27. The topological polar surface area (TPSA) is 95.3 Å². The molecule has 162 valence electrons.